The molecule has 1 aromatic heterocycles. The number of carboxylic acid groups (broad SMARTS) is 3. The molecule has 1 heterocycles. The number of aliphatic carboxylic acids is 3. The van der Waals surface area contributed by atoms with Crippen molar-refractivity contribution in [2.45, 2.75) is 50.4 Å². The van der Waals surface area contributed by atoms with Crippen molar-refractivity contribution in [3.8, 4) is 0 Å². The molecule has 0 unspecified atom stereocenters. The molecule has 0 aliphatic rings. The van der Waals surface area contributed by atoms with Crippen LogP contribution in [0.5, 0.6) is 0 Å². The number of carbonyl (C=O) groups excluding carboxylic acids is 5. The Kier molecular flexibility index (Phi) is 13.1. The normalized spacial score (nSPS) is 13.4. The van der Waals surface area contributed by atoms with Gasteiger partial charge in [0.15, 0.2) is 0 Å². The number of benzene rings is 1. The quantitative estimate of drug-likeness (QED) is 0.0828. The number of thiol groups is 1. The summed E-state index contributed by atoms with van der Waals surface area (Å²) in [5, 5.41) is 39.1. The summed E-state index contributed by atoms with van der Waals surface area (Å²) in [6.07, 6.45) is -0.397. The van der Waals surface area contributed by atoms with Crippen molar-refractivity contribution in [1.29, 1.82) is 0 Å². The average Bonchev–Trinajstić information content (AvgIpc) is 3.35. The number of aromatic amines is 1. The number of hydrogen-bond donors (Lipinski definition) is 10. The van der Waals surface area contributed by atoms with Crippen molar-refractivity contribution in [2.75, 3.05) is 12.3 Å². The largest absolute Gasteiger partial charge is 0.481 e. The van der Waals surface area contributed by atoms with Gasteiger partial charge >= 0.3 is 17.9 Å². The third kappa shape index (κ3) is 10.9. The van der Waals surface area contributed by atoms with E-state index >= 15 is 0 Å². The first-order valence-electron chi connectivity index (χ1n) is 13.0. The number of nitrogens with one attached hydrogen (secondary N) is 6. The second-order valence-electron chi connectivity index (χ2n) is 9.49. The summed E-state index contributed by atoms with van der Waals surface area (Å²) >= 11 is 3.91. The van der Waals surface area contributed by atoms with Gasteiger partial charge in [0.25, 0.3) is 0 Å². The number of carboxylic acids is 3. The van der Waals surface area contributed by atoms with E-state index in [1.807, 2.05) is 5.32 Å². The van der Waals surface area contributed by atoms with Gasteiger partial charge in [-0.05, 0) is 11.6 Å². The summed E-state index contributed by atoms with van der Waals surface area (Å²) in [7, 11) is 0. The maximum absolute atomic E-state index is 13.2. The monoisotopic (exact) mass is 636 g/mol. The van der Waals surface area contributed by atoms with Crippen LogP contribution < -0.4 is 26.6 Å². The number of aromatic nitrogens is 1. The molecule has 5 amide bonds. The second-order valence-corrected chi connectivity index (χ2v) is 9.86. The minimum absolute atomic E-state index is 0.0457. The summed E-state index contributed by atoms with van der Waals surface area (Å²) < 4.78 is 0. The number of rotatable bonds is 17. The van der Waals surface area contributed by atoms with Crippen molar-refractivity contribution in [1.82, 2.24) is 31.6 Å². The first kappa shape index (κ1) is 35.1. The standard InChI is InChI=1S/C26H32N6O11S/c1-12(33)29-16(6-13-9-27-15-5-3-2-4-14(13)15)24(41)30-17(7-20(34)35)25(42)31-18(8-21(36)37)26(43)32-19(11-44)23(40)28-10-22(38)39/h2-5,9,16-19,27,44H,6-8,10-11H2,1H3,(H,28,40)(H,29,33)(H,30,41)(H,31,42)(H,32,43)(H,34,35)(H,36,37)(H,38,39)/t16-,17-,18-,19-/m0/s1. The first-order valence-corrected chi connectivity index (χ1v) is 13.6. The zero-order valence-electron chi connectivity index (χ0n) is 23.3. The Balaban J connectivity index is 2.23. The van der Waals surface area contributed by atoms with Crippen LogP contribution in [0.15, 0.2) is 30.5 Å². The molecule has 1 aromatic carbocycles. The molecule has 0 fully saturated rings. The van der Waals surface area contributed by atoms with Crippen LogP contribution in [0.2, 0.25) is 0 Å². The lowest BCUT2D eigenvalue weighted by Crippen LogP contribution is -2.59. The maximum Gasteiger partial charge on any atom is 0.322 e. The lowest BCUT2D eigenvalue weighted by Gasteiger charge is -2.25. The van der Waals surface area contributed by atoms with Crippen LogP contribution in [0.4, 0.5) is 0 Å². The number of amides is 5. The van der Waals surface area contributed by atoms with E-state index in [1.54, 1.807) is 30.5 Å². The van der Waals surface area contributed by atoms with Gasteiger partial charge in [0.2, 0.25) is 29.5 Å². The van der Waals surface area contributed by atoms with Gasteiger partial charge in [0.1, 0.15) is 30.7 Å². The van der Waals surface area contributed by atoms with Crippen LogP contribution in [0.1, 0.15) is 25.3 Å². The van der Waals surface area contributed by atoms with E-state index in [9.17, 15) is 48.6 Å². The molecule has 44 heavy (non-hydrogen) atoms. The van der Waals surface area contributed by atoms with Crippen LogP contribution in [0.3, 0.4) is 0 Å². The van der Waals surface area contributed by atoms with Crippen molar-refractivity contribution in [3.05, 3.63) is 36.0 Å². The summed E-state index contributed by atoms with van der Waals surface area (Å²) in [5.74, 6) is -9.67. The predicted octanol–water partition coefficient (Wildman–Crippen LogP) is -2.25. The van der Waals surface area contributed by atoms with E-state index in [-0.39, 0.29) is 12.2 Å². The van der Waals surface area contributed by atoms with Crippen LogP contribution in [-0.2, 0) is 44.8 Å². The SMILES string of the molecule is CC(=O)N[C@@H](Cc1c[nH]c2ccccc12)C(=O)N[C@@H](CC(=O)O)C(=O)N[C@@H](CC(=O)O)C(=O)N[C@@H](CS)C(=O)NCC(=O)O. The van der Waals surface area contributed by atoms with Gasteiger partial charge in [-0.15, -0.1) is 0 Å². The molecule has 0 saturated heterocycles. The van der Waals surface area contributed by atoms with Gasteiger partial charge in [0.05, 0.1) is 12.8 Å². The molecule has 238 valence electrons. The molecule has 0 bridgehead atoms. The van der Waals surface area contributed by atoms with Gasteiger partial charge in [-0.1, -0.05) is 18.2 Å². The van der Waals surface area contributed by atoms with Gasteiger partial charge in [-0.3, -0.25) is 38.4 Å². The number of hydrogen-bond acceptors (Lipinski definition) is 9. The molecule has 0 saturated carbocycles. The Morgan fingerprint density at radius 1 is 0.727 bits per heavy atom. The van der Waals surface area contributed by atoms with Crippen molar-refractivity contribution < 1.29 is 53.7 Å². The molecule has 0 aliphatic heterocycles. The fourth-order valence-electron chi connectivity index (χ4n) is 4.04. The second kappa shape index (κ2) is 16.5. The highest BCUT2D eigenvalue weighted by molar-refractivity contribution is 7.80. The van der Waals surface area contributed by atoms with Crippen molar-refractivity contribution in [3.63, 3.8) is 0 Å². The topological polar surface area (TPSA) is 273 Å². The third-order valence-corrected chi connectivity index (χ3v) is 6.41. The minimum atomic E-state index is -1.85. The number of para-hydroxylation sites is 1. The highest BCUT2D eigenvalue weighted by Crippen LogP contribution is 2.19. The van der Waals surface area contributed by atoms with Gasteiger partial charge in [-0.2, -0.15) is 12.6 Å². The maximum atomic E-state index is 13.2. The molecule has 18 heteroatoms. The fourth-order valence-corrected chi connectivity index (χ4v) is 4.30. The van der Waals surface area contributed by atoms with E-state index in [0.717, 1.165) is 17.8 Å². The highest BCUT2D eigenvalue weighted by atomic mass is 32.1. The lowest BCUT2D eigenvalue weighted by molar-refractivity contribution is -0.143. The van der Waals surface area contributed by atoms with Crippen molar-refractivity contribution in [2.24, 2.45) is 0 Å². The zero-order chi connectivity index (χ0) is 33.0. The van der Waals surface area contributed by atoms with Crippen LogP contribution >= 0.6 is 12.6 Å². The Bertz CT molecular complexity index is 1430. The van der Waals surface area contributed by atoms with E-state index in [0.29, 0.717) is 5.56 Å². The lowest BCUT2D eigenvalue weighted by atomic mass is 10.0. The molecule has 2 rings (SSSR count). The molecule has 9 N–H and O–H groups in total. The molecule has 0 radical (unpaired) electrons. The molecular weight excluding hydrogens is 604 g/mol. The molecule has 0 aliphatic carbocycles. The Morgan fingerprint density at radius 3 is 1.75 bits per heavy atom. The minimum Gasteiger partial charge on any atom is -0.481 e. The number of H-pyrrole nitrogens is 1. The number of fused-ring (bicyclic) bond motifs is 1. The average molecular weight is 637 g/mol. The predicted molar refractivity (Wildman–Crippen MR) is 154 cm³/mol. The number of carbonyl (C=O) groups is 8. The van der Waals surface area contributed by atoms with Gasteiger partial charge in [0, 0.05) is 36.2 Å². The van der Waals surface area contributed by atoms with Crippen LogP contribution in [0.25, 0.3) is 10.9 Å². The third-order valence-electron chi connectivity index (χ3n) is 6.05. The Hall–Kier alpha value is -5.13. The van der Waals surface area contributed by atoms with E-state index in [2.05, 4.69) is 38.9 Å². The van der Waals surface area contributed by atoms with Crippen LogP contribution in [0, 0.1) is 0 Å². The van der Waals surface area contributed by atoms with Gasteiger partial charge < -0.3 is 46.9 Å². The van der Waals surface area contributed by atoms with Crippen LogP contribution in [-0.4, -0.2) is 104 Å². The van der Waals surface area contributed by atoms with E-state index < -0.39 is 91.0 Å². The first-order chi connectivity index (χ1) is 20.7. The molecule has 17 nitrogen and oxygen atoms in total. The highest BCUT2D eigenvalue weighted by Gasteiger charge is 2.33. The Morgan fingerprint density at radius 2 is 1.25 bits per heavy atom. The molecule has 2 aromatic rings. The molecule has 0 spiro atoms. The molecule has 4 atom stereocenters. The zero-order valence-corrected chi connectivity index (χ0v) is 24.2. The smallest absolute Gasteiger partial charge is 0.322 e. The fraction of sp³-hybridized carbons (Fsp3) is 0.385. The summed E-state index contributed by atoms with van der Waals surface area (Å²) in [6.45, 7) is 0.386. The van der Waals surface area contributed by atoms with E-state index in [1.165, 1.54) is 0 Å². The summed E-state index contributed by atoms with van der Waals surface area (Å²) in [6, 6.07) is 0.801. The molecular formula is C26H32N6O11S. The van der Waals surface area contributed by atoms with Gasteiger partial charge in [-0.25, -0.2) is 0 Å². The summed E-state index contributed by atoms with van der Waals surface area (Å²) in [5.41, 5.74) is 1.40. The Labute approximate surface area is 254 Å². The van der Waals surface area contributed by atoms with E-state index in [4.69, 9.17) is 5.11 Å². The van der Waals surface area contributed by atoms with Crippen molar-refractivity contribution >= 4 is 71.0 Å². The summed E-state index contributed by atoms with van der Waals surface area (Å²) in [4.78, 5) is 99.9.